The molecule has 0 radical (unpaired) electrons. The molecule has 3 heteroatoms. The molecule has 0 N–H and O–H groups in total. The van der Waals surface area contributed by atoms with E-state index >= 15 is 0 Å². The molecule has 0 saturated carbocycles. The number of fused-ring (bicyclic) bond motifs is 5. The van der Waals surface area contributed by atoms with Crippen molar-refractivity contribution in [1.82, 2.24) is 4.57 Å². The summed E-state index contributed by atoms with van der Waals surface area (Å²) in [5.74, 6) is 0. The smallest absolute Gasteiger partial charge is 0.0754 e. The van der Waals surface area contributed by atoms with E-state index in [-0.39, 0.29) is 0 Å². The summed E-state index contributed by atoms with van der Waals surface area (Å²) < 4.78 is 2.50. The van der Waals surface area contributed by atoms with Crippen molar-refractivity contribution >= 4 is 50.6 Å². The van der Waals surface area contributed by atoms with Crippen molar-refractivity contribution in [3.05, 3.63) is 198 Å². The van der Waals surface area contributed by atoms with Gasteiger partial charge in [0.15, 0.2) is 0 Å². The SMILES string of the molecule is CSc1ccccc1C1(c2cccc(N(c3ccccc3)c3ccccc3)c2)c2ccccc2-n2c3ccccc3c3cccc1c32. The van der Waals surface area contributed by atoms with Gasteiger partial charge in [-0.2, -0.15) is 0 Å². The standard InChI is InChI=1S/C44H32N2S/c1-47-42-29-13-10-25-38(42)44(31-16-14-21-34(30-31)45(32-17-4-2-5-18-32)33-19-6-3-7-20-33)37-24-9-12-28-41(37)46-40-27-11-8-22-35(40)36-23-15-26-39(44)43(36)46/h2-30H,1H3. The summed E-state index contributed by atoms with van der Waals surface area (Å²) in [7, 11) is 0. The van der Waals surface area contributed by atoms with E-state index in [1.165, 1.54) is 54.6 Å². The number of aromatic nitrogens is 1. The van der Waals surface area contributed by atoms with Crippen LogP contribution in [0.25, 0.3) is 27.5 Å². The first-order chi connectivity index (χ1) is 23.3. The number of hydrogen-bond donors (Lipinski definition) is 0. The molecular formula is C44H32N2S. The first-order valence-corrected chi connectivity index (χ1v) is 17.3. The van der Waals surface area contributed by atoms with Gasteiger partial charge >= 0.3 is 0 Å². The molecule has 7 aromatic carbocycles. The maximum absolute atomic E-state index is 2.50. The number of para-hydroxylation sites is 5. The van der Waals surface area contributed by atoms with Crippen LogP contribution >= 0.6 is 11.8 Å². The Hall–Kier alpha value is -5.51. The van der Waals surface area contributed by atoms with Crippen molar-refractivity contribution < 1.29 is 0 Å². The van der Waals surface area contributed by atoms with Crippen LogP contribution in [0.5, 0.6) is 0 Å². The van der Waals surface area contributed by atoms with E-state index < -0.39 is 5.41 Å². The van der Waals surface area contributed by atoms with Gasteiger partial charge in [0.2, 0.25) is 0 Å². The molecule has 1 atom stereocenters. The van der Waals surface area contributed by atoms with Gasteiger partial charge in [0.25, 0.3) is 0 Å². The Balaban J connectivity index is 1.43. The molecule has 8 aromatic rings. The van der Waals surface area contributed by atoms with Gasteiger partial charge in [-0.25, -0.2) is 0 Å². The minimum absolute atomic E-state index is 0.574. The fourth-order valence-electron chi connectivity index (χ4n) is 7.89. The van der Waals surface area contributed by atoms with Crippen LogP contribution in [0.15, 0.2) is 181 Å². The number of rotatable bonds is 6. The van der Waals surface area contributed by atoms with E-state index in [1.54, 1.807) is 0 Å². The molecule has 1 aliphatic heterocycles. The summed E-state index contributed by atoms with van der Waals surface area (Å²) in [4.78, 5) is 3.64. The first-order valence-electron chi connectivity index (χ1n) is 16.1. The average Bonchev–Trinajstić information content (AvgIpc) is 3.49. The summed E-state index contributed by atoms with van der Waals surface area (Å²) in [6.07, 6.45) is 2.20. The predicted molar refractivity (Wildman–Crippen MR) is 199 cm³/mol. The summed E-state index contributed by atoms with van der Waals surface area (Å²) in [5.41, 5.74) is 11.7. The van der Waals surface area contributed by atoms with Gasteiger partial charge in [-0.3, -0.25) is 0 Å². The molecule has 0 fully saturated rings. The molecular weight excluding hydrogens is 589 g/mol. The summed E-state index contributed by atoms with van der Waals surface area (Å²) >= 11 is 1.82. The molecule has 1 aromatic heterocycles. The minimum atomic E-state index is -0.574. The fraction of sp³-hybridized carbons (Fsp3) is 0.0455. The fourth-order valence-corrected chi connectivity index (χ4v) is 8.55. The maximum atomic E-state index is 2.50. The maximum Gasteiger partial charge on any atom is 0.0754 e. The number of hydrogen-bond acceptors (Lipinski definition) is 2. The topological polar surface area (TPSA) is 8.17 Å². The summed E-state index contributed by atoms with van der Waals surface area (Å²) in [5, 5.41) is 2.56. The lowest BCUT2D eigenvalue weighted by atomic mass is 9.63. The summed E-state index contributed by atoms with van der Waals surface area (Å²) in [6.45, 7) is 0. The Morgan fingerprint density at radius 1 is 0.489 bits per heavy atom. The zero-order valence-corrected chi connectivity index (χ0v) is 26.9. The van der Waals surface area contributed by atoms with Gasteiger partial charge < -0.3 is 9.47 Å². The molecule has 1 unspecified atom stereocenters. The van der Waals surface area contributed by atoms with E-state index in [1.807, 2.05) is 11.8 Å². The Morgan fingerprint density at radius 2 is 1.06 bits per heavy atom. The Kier molecular flexibility index (Phi) is 6.55. The second-order valence-electron chi connectivity index (χ2n) is 12.1. The first kappa shape index (κ1) is 27.8. The van der Waals surface area contributed by atoms with Crippen LogP contribution in [0.4, 0.5) is 17.1 Å². The minimum Gasteiger partial charge on any atom is -0.310 e. The van der Waals surface area contributed by atoms with E-state index in [0.717, 1.165) is 17.1 Å². The second kappa shape index (κ2) is 11.1. The van der Waals surface area contributed by atoms with Crippen molar-refractivity contribution in [1.29, 1.82) is 0 Å². The van der Waals surface area contributed by atoms with Crippen molar-refractivity contribution in [2.75, 3.05) is 11.2 Å². The van der Waals surface area contributed by atoms with Crippen molar-refractivity contribution in [2.45, 2.75) is 10.3 Å². The Morgan fingerprint density at radius 3 is 1.83 bits per heavy atom. The molecule has 0 aliphatic carbocycles. The van der Waals surface area contributed by atoms with Gasteiger partial charge in [-0.05, 0) is 83.1 Å². The van der Waals surface area contributed by atoms with Crippen LogP contribution in [-0.4, -0.2) is 10.8 Å². The number of benzene rings is 7. The zero-order chi connectivity index (χ0) is 31.4. The van der Waals surface area contributed by atoms with E-state index in [4.69, 9.17) is 0 Å². The molecule has 224 valence electrons. The highest BCUT2D eigenvalue weighted by atomic mass is 32.2. The van der Waals surface area contributed by atoms with Crippen molar-refractivity contribution in [3.8, 4) is 5.69 Å². The third-order valence-corrected chi connectivity index (χ3v) is 10.5. The van der Waals surface area contributed by atoms with Gasteiger partial charge in [0, 0.05) is 32.7 Å². The third kappa shape index (κ3) is 4.06. The largest absolute Gasteiger partial charge is 0.310 e. The van der Waals surface area contributed by atoms with Crippen LogP contribution in [0.1, 0.15) is 22.3 Å². The van der Waals surface area contributed by atoms with Crippen LogP contribution in [0.3, 0.4) is 0 Å². The van der Waals surface area contributed by atoms with Gasteiger partial charge in [-0.15, -0.1) is 11.8 Å². The molecule has 9 rings (SSSR count). The second-order valence-corrected chi connectivity index (χ2v) is 12.9. The molecule has 0 spiro atoms. The van der Waals surface area contributed by atoms with Crippen LogP contribution in [0, 0.1) is 0 Å². The van der Waals surface area contributed by atoms with Crippen LogP contribution in [0.2, 0.25) is 0 Å². The van der Waals surface area contributed by atoms with Gasteiger partial charge in [0.1, 0.15) is 0 Å². The monoisotopic (exact) mass is 620 g/mol. The van der Waals surface area contributed by atoms with Gasteiger partial charge in [0.05, 0.1) is 22.1 Å². The Labute approximate surface area is 279 Å². The van der Waals surface area contributed by atoms with E-state index in [0.29, 0.717) is 0 Å². The Bertz CT molecular complexity index is 2370. The summed E-state index contributed by atoms with van der Waals surface area (Å²) in [6, 6.07) is 64.4. The lowest BCUT2D eigenvalue weighted by Crippen LogP contribution is -2.36. The lowest BCUT2D eigenvalue weighted by Gasteiger charge is -2.43. The number of anilines is 3. The van der Waals surface area contributed by atoms with Crippen molar-refractivity contribution in [3.63, 3.8) is 0 Å². The van der Waals surface area contributed by atoms with Crippen LogP contribution in [-0.2, 0) is 5.41 Å². The molecule has 0 bridgehead atoms. The van der Waals surface area contributed by atoms with Crippen LogP contribution < -0.4 is 4.90 Å². The van der Waals surface area contributed by atoms with Gasteiger partial charge in [-0.1, -0.05) is 121 Å². The molecule has 1 aliphatic rings. The highest BCUT2D eigenvalue weighted by molar-refractivity contribution is 7.98. The third-order valence-electron chi connectivity index (χ3n) is 9.72. The zero-order valence-electron chi connectivity index (χ0n) is 26.0. The molecule has 2 nitrogen and oxygen atoms in total. The molecule has 0 amide bonds. The van der Waals surface area contributed by atoms with E-state index in [9.17, 15) is 0 Å². The normalized spacial score (nSPS) is 15.1. The quantitative estimate of drug-likeness (QED) is 0.171. The number of nitrogens with zero attached hydrogens (tertiary/aromatic N) is 2. The lowest BCUT2D eigenvalue weighted by molar-refractivity contribution is 0.712. The average molecular weight is 621 g/mol. The number of thioether (sulfide) groups is 1. The van der Waals surface area contributed by atoms with Crippen molar-refractivity contribution in [2.24, 2.45) is 0 Å². The highest BCUT2D eigenvalue weighted by Crippen LogP contribution is 2.56. The molecule has 2 heterocycles. The molecule has 47 heavy (non-hydrogen) atoms. The highest BCUT2D eigenvalue weighted by Gasteiger charge is 2.46. The molecule has 0 saturated heterocycles. The van der Waals surface area contributed by atoms with E-state index in [2.05, 4.69) is 192 Å². The predicted octanol–water partition coefficient (Wildman–Crippen LogP) is 11.7.